The molecule has 0 atom stereocenters. The highest BCUT2D eigenvalue weighted by Crippen LogP contribution is 2.29. The summed E-state index contributed by atoms with van der Waals surface area (Å²) in [5.41, 5.74) is 4.68. The molecular formula is C19H16N4O3S. The number of benzene rings is 2. The van der Waals surface area contributed by atoms with Gasteiger partial charge in [-0.15, -0.1) is 11.3 Å². The molecule has 0 aliphatic rings. The van der Waals surface area contributed by atoms with Crippen LogP contribution in [-0.4, -0.2) is 28.0 Å². The molecule has 0 saturated heterocycles. The van der Waals surface area contributed by atoms with Gasteiger partial charge >= 0.3 is 0 Å². The Bertz CT molecular complexity index is 1040. The van der Waals surface area contributed by atoms with Crippen LogP contribution in [0.4, 0.5) is 5.95 Å². The van der Waals surface area contributed by atoms with E-state index in [0.717, 1.165) is 16.7 Å². The number of para-hydroxylation sites is 2. The minimum Gasteiger partial charge on any atom is -0.493 e. The van der Waals surface area contributed by atoms with Gasteiger partial charge < -0.3 is 14.5 Å². The van der Waals surface area contributed by atoms with E-state index in [-0.39, 0.29) is 5.91 Å². The molecule has 0 saturated carbocycles. The van der Waals surface area contributed by atoms with Crippen molar-refractivity contribution in [2.75, 3.05) is 12.4 Å². The largest absolute Gasteiger partial charge is 0.493 e. The van der Waals surface area contributed by atoms with Crippen molar-refractivity contribution in [1.82, 2.24) is 15.0 Å². The summed E-state index contributed by atoms with van der Waals surface area (Å²) in [5.74, 6) is 1.12. The van der Waals surface area contributed by atoms with Gasteiger partial charge in [-0.1, -0.05) is 12.1 Å². The number of hydrogen-bond acceptors (Lipinski definition) is 6. The Morgan fingerprint density at radius 3 is 2.89 bits per heavy atom. The molecule has 0 aliphatic carbocycles. The number of amides is 1. The van der Waals surface area contributed by atoms with Gasteiger partial charge in [-0.3, -0.25) is 10.1 Å². The molecule has 2 heterocycles. The molecule has 2 N–H and O–H groups in total. The molecule has 1 amide bonds. The fraction of sp³-hybridized carbons (Fsp3) is 0.105. The lowest BCUT2D eigenvalue weighted by Crippen LogP contribution is -2.13. The molecule has 27 heavy (non-hydrogen) atoms. The van der Waals surface area contributed by atoms with E-state index in [2.05, 4.69) is 20.3 Å². The van der Waals surface area contributed by atoms with Gasteiger partial charge in [0.2, 0.25) is 5.95 Å². The minimum absolute atomic E-state index is 0.293. The average molecular weight is 380 g/mol. The number of rotatable bonds is 6. The molecule has 2 aromatic heterocycles. The predicted octanol–water partition coefficient (Wildman–Crippen LogP) is 3.86. The minimum atomic E-state index is -0.293. The molecule has 0 unspecified atom stereocenters. The van der Waals surface area contributed by atoms with Crippen molar-refractivity contribution in [1.29, 1.82) is 0 Å². The van der Waals surface area contributed by atoms with Gasteiger partial charge in [-0.25, -0.2) is 9.97 Å². The van der Waals surface area contributed by atoms with E-state index >= 15 is 0 Å². The zero-order valence-electron chi connectivity index (χ0n) is 14.4. The van der Waals surface area contributed by atoms with Crippen LogP contribution in [0.3, 0.4) is 0 Å². The van der Waals surface area contributed by atoms with E-state index in [1.54, 1.807) is 23.7 Å². The van der Waals surface area contributed by atoms with E-state index in [1.165, 1.54) is 18.4 Å². The first kappa shape index (κ1) is 17.0. The molecule has 4 rings (SSSR count). The second-order valence-corrected chi connectivity index (χ2v) is 6.41. The summed E-state index contributed by atoms with van der Waals surface area (Å²) in [4.78, 5) is 24.1. The maximum atomic E-state index is 12.5. The number of methoxy groups -OCH3 is 1. The first-order chi connectivity index (χ1) is 13.2. The maximum absolute atomic E-state index is 12.5. The van der Waals surface area contributed by atoms with Crippen molar-refractivity contribution in [2.24, 2.45) is 0 Å². The predicted molar refractivity (Wildman–Crippen MR) is 103 cm³/mol. The van der Waals surface area contributed by atoms with Crippen molar-refractivity contribution in [3.8, 4) is 11.5 Å². The number of anilines is 1. The number of aromatic amines is 1. The number of carbonyl (C=O) groups excluding carboxylic acids is 1. The third kappa shape index (κ3) is 3.75. The van der Waals surface area contributed by atoms with Gasteiger partial charge in [0.25, 0.3) is 5.91 Å². The Kier molecular flexibility index (Phi) is 4.71. The number of ether oxygens (including phenoxy) is 2. The van der Waals surface area contributed by atoms with Crippen LogP contribution in [0.15, 0.2) is 53.4 Å². The number of H-pyrrole nitrogens is 1. The lowest BCUT2D eigenvalue weighted by atomic mass is 10.2. The number of fused-ring (bicyclic) bond motifs is 1. The number of nitrogens with one attached hydrogen (secondary N) is 2. The summed E-state index contributed by atoms with van der Waals surface area (Å²) < 4.78 is 11.1. The Morgan fingerprint density at radius 1 is 1.22 bits per heavy atom. The van der Waals surface area contributed by atoms with Gasteiger partial charge in [0.1, 0.15) is 6.61 Å². The molecule has 0 bridgehead atoms. The van der Waals surface area contributed by atoms with E-state index in [1.807, 2.05) is 29.6 Å². The van der Waals surface area contributed by atoms with Crippen LogP contribution < -0.4 is 14.8 Å². The third-order valence-electron chi connectivity index (χ3n) is 3.91. The average Bonchev–Trinajstić information content (AvgIpc) is 3.35. The molecule has 2 aromatic carbocycles. The summed E-state index contributed by atoms with van der Waals surface area (Å²) in [6, 6.07) is 12.6. The van der Waals surface area contributed by atoms with Crippen LogP contribution in [0.5, 0.6) is 11.5 Å². The van der Waals surface area contributed by atoms with Crippen LogP contribution in [0.1, 0.15) is 16.1 Å². The van der Waals surface area contributed by atoms with Gasteiger partial charge in [0, 0.05) is 10.9 Å². The van der Waals surface area contributed by atoms with Gasteiger partial charge in [-0.05, 0) is 30.3 Å². The van der Waals surface area contributed by atoms with Crippen LogP contribution >= 0.6 is 11.3 Å². The molecule has 7 nitrogen and oxygen atoms in total. The highest BCUT2D eigenvalue weighted by atomic mass is 32.1. The zero-order chi connectivity index (χ0) is 18.6. The smallest absolute Gasteiger partial charge is 0.258 e. The molecule has 8 heteroatoms. The van der Waals surface area contributed by atoms with Crippen molar-refractivity contribution in [3.63, 3.8) is 0 Å². The lowest BCUT2D eigenvalue weighted by Gasteiger charge is -2.11. The first-order valence-electron chi connectivity index (χ1n) is 8.17. The first-order valence-corrected chi connectivity index (χ1v) is 9.11. The zero-order valence-corrected chi connectivity index (χ0v) is 15.2. The normalized spacial score (nSPS) is 10.7. The van der Waals surface area contributed by atoms with Gasteiger partial charge in [0.05, 0.1) is 29.3 Å². The van der Waals surface area contributed by atoms with Crippen molar-refractivity contribution < 1.29 is 14.3 Å². The number of nitrogens with zero attached hydrogens (tertiary/aromatic N) is 2. The Balaban J connectivity index is 1.49. The fourth-order valence-corrected chi connectivity index (χ4v) is 3.12. The van der Waals surface area contributed by atoms with E-state index in [4.69, 9.17) is 9.47 Å². The SMILES string of the molecule is COc1cc(C(=O)Nc2nc3ccccc3[nH]2)ccc1OCc1cscn1. The molecular weight excluding hydrogens is 364 g/mol. The number of imidazole rings is 1. The van der Waals surface area contributed by atoms with E-state index in [9.17, 15) is 4.79 Å². The Hall–Kier alpha value is -3.39. The van der Waals surface area contributed by atoms with Crippen LogP contribution in [-0.2, 0) is 6.61 Å². The second-order valence-electron chi connectivity index (χ2n) is 5.69. The van der Waals surface area contributed by atoms with Crippen molar-refractivity contribution in [2.45, 2.75) is 6.61 Å². The quantitative estimate of drug-likeness (QED) is 0.530. The third-order valence-corrected chi connectivity index (χ3v) is 4.54. The number of aromatic nitrogens is 3. The standard InChI is InChI=1S/C19H16N4O3S/c1-25-17-8-12(6-7-16(17)26-9-13-10-27-11-20-13)18(24)23-19-21-14-4-2-3-5-15(14)22-19/h2-8,10-11H,9H2,1H3,(H2,21,22,23,24). The van der Waals surface area contributed by atoms with Crippen molar-refractivity contribution >= 4 is 34.2 Å². The van der Waals surface area contributed by atoms with Crippen molar-refractivity contribution in [3.05, 3.63) is 64.6 Å². The van der Waals surface area contributed by atoms with E-state index in [0.29, 0.717) is 29.6 Å². The molecule has 0 radical (unpaired) electrons. The molecule has 0 spiro atoms. The maximum Gasteiger partial charge on any atom is 0.258 e. The number of thiazole rings is 1. The Labute approximate surface area is 159 Å². The summed E-state index contributed by atoms with van der Waals surface area (Å²) in [6.45, 7) is 0.338. The molecule has 136 valence electrons. The lowest BCUT2D eigenvalue weighted by molar-refractivity contribution is 0.102. The summed E-state index contributed by atoms with van der Waals surface area (Å²) in [7, 11) is 1.53. The molecule has 4 aromatic rings. The highest BCUT2D eigenvalue weighted by Gasteiger charge is 2.13. The monoisotopic (exact) mass is 380 g/mol. The summed E-state index contributed by atoms with van der Waals surface area (Å²) in [6.07, 6.45) is 0. The fourth-order valence-electron chi connectivity index (χ4n) is 2.58. The molecule has 0 aliphatic heterocycles. The highest BCUT2D eigenvalue weighted by molar-refractivity contribution is 7.07. The van der Waals surface area contributed by atoms with Crippen LogP contribution in [0, 0.1) is 0 Å². The number of carbonyl (C=O) groups is 1. The van der Waals surface area contributed by atoms with Gasteiger partial charge in [0.15, 0.2) is 11.5 Å². The second kappa shape index (κ2) is 7.46. The summed E-state index contributed by atoms with van der Waals surface area (Å²) in [5, 5.41) is 4.68. The topological polar surface area (TPSA) is 89.1 Å². The molecule has 0 fully saturated rings. The van der Waals surface area contributed by atoms with E-state index < -0.39 is 0 Å². The van der Waals surface area contributed by atoms with Gasteiger partial charge in [-0.2, -0.15) is 0 Å². The summed E-state index contributed by atoms with van der Waals surface area (Å²) >= 11 is 1.51. The Morgan fingerprint density at radius 2 is 2.11 bits per heavy atom. The van der Waals surface area contributed by atoms with Crippen LogP contribution in [0.2, 0.25) is 0 Å². The number of hydrogen-bond donors (Lipinski definition) is 2. The van der Waals surface area contributed by atoms with Crippen LogP contribution in [0.25, 0.3) is 11.0 Å².